The number of aryl methyl sites for hydroxylation is 1. The van der Waals surface area contributed by atoms with E-state index in [0.29, 0.717) is 29.4 Å². The van der Waals surface area contributed by atoms with Gasteiger partial charge in [-0.3, -0.25) is 9.69 Å². The highest BCUT2D eigenvalue weighted by molar-refractivity contribution is 5.78. The standard InChI is InChI=1S/C24H24F3N5O/c1-15-20(30-22(29-15)16-2-4-17(5-3-16)24(25,26)27)14-31-11-7-18(8-12-31)32-13-9-19-21(32)6-10-28-23(19)33/h2-6,9-10,13,18H,7-8,11-12,14H2,1H3,(H,28,33)(H,29,30). The van der Waals surface area contributed by atoms with E-state index in [0.717, 1.165) is 55.0 Å². The van der Waals surface area contributed by atoms with Crippen LogP contribution in [0.2, 0.25) is 0 Å². The van der Waals surface area contributed by atoms with E-state index in [4.69, 9.17) is 0 Å². The van der Waals surface area contributed by atoms with E-state index in [1.54, 1.807) is 6.20 Å². The predicted octanol–water partition coefficient (Wildman–Crippen LogP) is 4.88. The number of H-pyrrole nitrogens is 2. The second-order valence-electron chi connectivity index (χ2n) is 8.57. The molecule has 172 valence electrons. The zero-order valence-corrected chi connectivity index (χ0v) is 18.1. The number of rotatable bonds is 4. The highest BCUT2D eigenvalue weighted by atomic mass is 19.4. The van der Waals surface area contributed by atoms with Crippen LogP contribution in [0.3, 0.4) is 0 Å². The maximum Gasteiger partial charge on any atom is 0.416 e. The van der Waals surface area contributed by atoms with Crippen molar-refractivity contribution in [3.63, 3.8) is 0 Å². The lowest BCUT2D eigenvalue weighted by Crippen LogP contribution is -2.34. The van der Waals surface area contributed by atoms with Gasteiger partial charge in [0.25, 0.3) is 5.56 Å². The van der Waals surface area contributed by atoms with Crippen molar-refractivity contribution < 1.29 is 13.2 Å². The van der Waals surface area contributed by atoms with Crippen molar-refractivity contribution >= 4 is 10.9 Å². The van der Waals surface area contributed by atoms with E-state index < -0.39 is 11.7 Å². The fraction of sp³-hybridized carbons (Fsp3) is 0.333. The van der Waals surface area contributed by atoms with E-state index in [9.17, 15) is 18.0 Å². The molecule has 0 bridgehead atoms. The molecule has 3 aromatic heterocycles. The van der Waals surface area contributed by atoms with Crippen LogP contribution in [0.1, 0.15) is 35.8 Å². The molecule has 0 radical (unpaired) electrons. The summed E-state index contributed by atoms with van der Waals surface area (Å²) in [6.45, 7) is 4.42. The van der Waals surface area contributed by atoms with Gasteiger partial charge in [-0.25, -0.2) is 4.98 Å². The molecule has 6 nitrogen and oxygen atoms in total. The Balaban J connectivity index is 1.25. The second-order valence-corrected chi connectivity index (χ2v) is 8.57. The number of aromatic amines is 2. The molecule has 0 spiro atoms. The fourth-order valence-electron chi connectivity index (χ4n) is 4.59. The third kappa shape index (κ3) is 4.20. The molecule has 5 rings (SSSR count). The zero-order chi connectivity index (χ0) is 23.2. The van der Waals surface area contributed by atoms with Gasteiger partial charge in [0.05, 0.1) is 22.2 Å². The van der Waals surface area contributed by atoms with Gasteiger partial charge in [0.15, 0.2) is 0 Å². The van der Waals surface area contributed by atoms with Gasteiger partial charge in [0.1, 0.15) is 5.82 Å². The Morgan fingerprint density at radius 2 is 1.82 bits per heavy atom. The molecule has 0 amide bonds. The Kier molecular flexibility index (Phi) is 5.36. The van der Waals surface area contributed by atoms with Crippen LogP contribution < -0.4 is 5.56 Å². The summed E-state index contributed by atoms with van der Waals surface area (Å²) in [7, 11) is 0. The molecule has 1 aliphatic rings. The molecule has 0 atom stereocenters. The van der Waals surface area contributed by atoms with Gasteiger partial charge in [-0.15, -0.1) is 0 Å². The monoisotopic (exact) mass is 455 g/mol. The predicted molar refractivity (Wildman–Crippen MR) is 120 cm³/mol. The molecule has 1 aromatic carbocycles. The molecule has 1 fully saturated rings. The number of piperidine rings is 1. The highest BCUT2D eigenvalue weighted by Crippen LogP contribution is 2.31. The Bertz CT molecular complexity index is 1320. The SMILES string of the molecule is Cc1[nH]c(-c2ccc(C(F)(F)F)cc2)nc1CN1CCC(n2ccc3c(=O)[nH]ccc32)CC1. The van der Waals surface area contributed by atoms with Gasteiger partial charge < -0.3 is 14.5 Å². The van der Waals surface area contributed by atoms with E-state index in [2.05, 4.69) is 24.4 Å². The smallest absolute Gasteiger partial charge is 0.344 e. The van der Waals surface area contributed by atoms with E-state index in [-0.39, 0.29) is 5.56 Å². The summed E-state index contributed by atoms with van der Waals surface area (Å²) in [5.74, 6) is 0.579. The topological polar surface area (TPSA) is 69.7 Å². The molecule has 2 N–H and O–H groups in total. The number of likely N-dealkylation sites (tertiary alicyclic amines) is 1. The maximum atomic E-state index is 12.8. The van der Waals surface area contributed by atoms with Gasteiger partial charge in [0, 0.05) is 49.3 Å². The molecule has 33 heavy (non-hydrogen) atoms. The molecular weight excluding hydrogens is 431 g/mol. The Morgan fingerprint density at radius 3 is 2.52 bits per heavy atom. The molecule has 0 saturated carbocycles. The number of alkyl halides is 3. The minimum Gasteiger partial charge on any atom is -0.344 e. The van der Waals surface area contributed by atoms with Crippen molar-refractivity contribution in [2.24, 2.45) is 0 Å². The van der Waals surface area contributed by atoms with Gasteiger partial charge in [0.2, 0.25) is 0 Å². The van der Waals surface area contributed by atoms with E-state index >= 15 is 0 Å². The van der Waals surface area contributed by atoms with Crippen LogP contribution in [0.15, 0.2) is 53.6 Å². The minimum absolute atomic E-state index is 0.0680. The molecule has 9 heteroatoms. The molecule has 0 aliphatic carbocycles. The van der Waals surface area contributed by atoms with Crippen LogP contribution >= 0.6 is 0 Å². The van der Waals surface area contributed by atoms with Crippen LogP contribution in [0.5, 0.6) is 0 Å². The summed E-state index contributed by atoms with van der Waals surface area (Å²) in [5.41, 5.74) is 2.68. The number of nitrogens with zero attached hydrogens (tertiary/aromatic N) is 3. The van der Waals surface area contributed by atoms with Crippen molar-refractivity contribution in [1.29, 1.82) is 0 Å². The minimum atomic E-state index is -4.35. The average molecular weight is 455 g/mol. The van der Waals surface area contributed by atoms with Crippen molar-refractivity contribution in [1.82, 2.24) is 24.4 Å². The van der Waals surface area contributed by atoms with Crippen LogP contribution in [-0.4, -0.2) is 37.5 Å². The molecule has 1 saturated heterocycles. The van der Waals surface area contributed by atoms with E-state index in [1.807, 2.05) is 25.3 Å². The van der Waals surface area contributed by atoms with Crippen LogP contribution in [-0.2, 0) is 12.7 Å². The quantitative estimate of drug-likeness (QED) is 0.461. The number of benzene rings is 1. The largest absolute Gasteiger partial charge is 0.416 e. The number of imidazole rings is 1. The van der Waals surface area contributed by atoms with Crippen molar-refractivity contribution in [3.05, 3.63) is 76.1 Å². The first kappa shape index (κ1) is 21.5. The summed E-state index contributed by atoms with van der Waals surface area (Å²) in [5, 5.41) is 0.711. The van der Waals surface area contributed by atoms with Gasteiger partial charge in [-0.05, 0) is 44.0 Å². The molecule has 4 heterocycles. The Labute approximate surface area is 188 Å². The number of hydrogen-bond acceptors (Lipinski definition) is 3. The fourth-order valence-corrected chi connectivity index (χ4v) is 4.59. The van der Waals surface area contributed by atoms with Crippen LogP contribution in [0.4, 0.5) is 13.2 Å². The Hall–Kier alpha value is -3.33. The third-order valence-corrected chi connectivity index (χ3v) is 6.45. The lowest BCUT2D eigenvalue weighted by molar-refractivity contribution is -0.137. The normalized spacial score (nSPS) is 16.0. The van der Waals surface area contributed by atoms with Crippen molar-refractivity contribution in [2.45, 2.75) is 38.5 Å². The first-order chi connectivity index (χ1) is 15.8. The summed E-state index contributed by atoms with van der Waals surface area (Å²) >= 11 is 0. The number of aromatic nitrogens is 4. The van der Waals surface area contributed by atoms with Gasteiger partial charge in [-0.2, -0.15) is 13.2 Å². The number of halogens is 3. The molecule has 4 aromatic rings. The van der Waals surface area contributed by atoms with Gasteiger partial charge >= 0.3 is 6.18 Å². The molecule has 0 unspecified atom stereocenters. The van der Waals surface area contributed by atoms with Crippen molar-refractivity contribution in [2.75, 3.05) is 13.1 Å². The van der Waals surface area contributed by atoms with Gasteiger partial charge in [-0.1, -0.05) is 12.1 Å². The zero-order valence-electron chi connectivity index (χ0n) is 18.1. The maximum absolute atomic E-state index is 12.8. The lowest BCUT2D eigenvalue weighted by atomic mass is 10.0. The van der Waals surface area contributed by atoms with Crippen LogP contribution in [0.25, 0.3) is 22.3 Å². The second kappa shape index (κ2) is 8.22. The summed E-state index contributed by atoms with van der Waals surface area (Å²) in [6, 6.07) is 9.21. The van der Waals surface area contributed by atoms with Crippen LogP contribution in [0, 0.1) is 6.92 Å². The number of fused-ring (bicyclic) bond motifs is 1. The molecular formula is C24H24F3N5O. The lowest BCUT2D eigenvalue weighted by Gasteiger charge is -2.32. The number of hydrogen-bond donors (Lipinski definition) is 2. The first-order valence-electron chi connectivity index (χ1n) is 10.9. The first-order valence-corrected chi connectivity index (χ1v) is 10.9. The van der Waals surface area contributed by atoms with Crippen molar-refractivity contribution in [3.8, 4) is 11.4 Å². The summed E-state index contributed by atoms with van der Waals surface area (Å²) in [4.78, 5) is 24.9. The summed E-state index contributed by atoms with van der Waals surface area (Å²) < 4.78 is 40.6. The number of pyridine rings is 1. The average Bonchev–Trinajstić information content (AvgIpc) is 3.39. The number of nitrogens with one attached hydrogen (secondary N) is 2. The van der Waals surface area contributed by atoms with E-state index in [1.165, 1.54) is 12.1 Å². The molecule has 1 aliphatic heterocycles. The Morgan fingerprint density at radius 1 is 1.09 bits per heavy atom. The third-order valence-electron chi connectivity index (χ3n) is 6.45. The summed E-state index contributed by atoms with van der Waals surface area (Å²) in [6.07, 6.45) is 1.26. The highest BCUT2D eigenvalue weighted by Gasteiger charge is 2.30.